The Balaban J connectivity index is 1.83. The number of H-pyrrole nitrogens is 1. The lowest BCUT2D eigenvalue weighted by Crippen LogP contribution is -2.14. The molecule has 1 aromatic carbocycles. The van der Waals surface area contributed by atoms with Gasteiger partial charge in [0.15, 0.2) is 17.3 Å². The summed E-state index contributed by atoms with van der Waals surface area (Å²) in [5, 5.41) is 9.31. The van der Waals surface area contributed by atoms with Gasteiger partial charge in [-0.05, 0) is 31.4 Å². The molecule has 0 saturated carbocycles. The zero-order chi connectivity index (χ0) is 13.4. The van der Waals surface area contributed by atoms with E-state index in [2.05, 4.69) is 15.5 Å². The smallest absolute Gasteiger partial charge is 0.276 e. The molecule has 0 saturated heterocycles. The molecule has 1 aliphatic carbocycles. The van der Waals surface area contributed by atoms with E-state index in [9.17, 15) is 13.6 Å². The van der Waals surface area contributed by atoms with Crippen LogP contribution in [0.15, 0.2) is 18.2 Å². The second-order valence-corrected chi connectivity index (χ2v) is 4.47. The first kappa shape index (κ1) is 11.8. The normalized spacial score (nSPS) is 13.4. The number of hydrogen-bond donors (Lipinski definition) is 2. The Morgan fingerprint density at radius 1 is 1.26 bits per heavy atom. The quantitative estimate of drug-likeness (QED) is 0.874. The van der Waals surface area contributed by atoms with E-state index in [4.69, 9.17) is 0 Å². The maximum Gasteiger partial charge on any atom is 0.276 e. The maximum atomic E-state index is 13.0. The van der Waals surface area contributed by atoms with Crippen LogP contribution in [-0.2, 0) is 12.8 Å². The highest BCUT2D eigenvalue weighted by atomic mass is 19.2. The van der Waals surface area contributed by atoms with Crippen molar-refractivity contribution in [2.45, 2.75) is 19.3 Å². The van der Waals surface area contributed by atoms with Crippen LogP contribution in [0.4, 0.5) is 14.5 Å². The minimum absolute atomic E-state index is 0.207. The van der Waals surface area contributed by atoms with E-state index in [0.717, 1.165) is 42.7 Å². The third kappa shape index (κ3) is 2.09. The van der Waals surface area contributed by atoms with Crippen LogP contribution in [-0.4, -0.2) is 16.1 Å². The molecular formula is C13H11F2N3O. The van der Waals surface area contributed by atoms with Gasteiger partial charge >= 0.3 is 0 Å². The highest BCUT2D eigenvalue weighted by molar-refractivity contribution is 6.04. The van der Waals surface area contributed by atoms with Gasteiger partial charge < -0.3 is 5.32 Å². The monoisotopic (exact) mass is 263 g/mol. The molecule has 1 heterocycles. The lowest BCUT2D eigenvalue weighted by Gasteiger charge is -2.04. The van der Waals surface area contributed by atoms with Crippen molar-refractivity contribution in [3.8, 4) is 0 Å². The van der Waals surface area contributed by atoms with Crippen LogP contribution in [0, 0.1) is 11.6 Å². The van der Waals surface area contributed by atoms with Crippen LogP contribution in [0.5, 0.6) is 0 Å². The van der Waals surface area contributed by atoms with E-state index in [1.165, 1.54) is 6.07 Å². The van der Waals surface area contributed by atoms with Crippen LogP contribution in [0.2, 0.25) is 0 Å². The van der Waals surface area contributed by atoms with E-state index in [1.54, 1.807) is 0 Å². The number of carbonyl (C=O) groups is 1. The number of nitrogens with one attached hydrogen (secondary N) is 2. The molecular weight excluding hydrogens is 252 g/mol. The maximum absolute atomic E-state index is 13.0. The Kier molecular flexibility index (Phi) is 2.77. The highest BCUT2D eigenvalue weighted by Crippen LogP contribution is 2.23. The number of halogens is 2. The van der Waals surface area contributed by atoms with Crippen molar-refractivity contribution in [1.82, 2.24) is 10.2 Å². The van der Waals surface area contributed by atoms with Gasteiger partial charge in [0.2, 0.25) is 0 Å². The van der Waals surface area contributed by atoms with Crippen LogP contribution >= 0.6 is 0 Å². The number of anilines is 1. The SMILES string of the molecule is O=C(Nc1ccc(F)c(F)c1)c1n[nH]c2c1CCC2. The fourth-order valence-electron chi connectivity index (χ4n) is 2.27. The predicted octanol–water partition coefficient (Wildman–Crippen LogP) is 2.43. The number of carbonyl (C=O) groups excluding carboxylic acids is 1. The van der Waals surface area contributed by atoms with Crippen molar-refractivity contribution < 1.29 is 13.6 Å². The number of benzene rings is 1. The molecule has 6 heteroatoms. The summed E-state index contributed by atoms with van der Waals surface area (Å²) in [6, 6.07) is 3.23. The molecule has 1 aromatic heterocycles. The van der Waals surface area contributed by atoms with Crippen molar-refractivity contribution in [2.24, 2.45) is 0 Å². The number of aryl methyl sites for hydroxylation is 1. The third-order valence-corrected chi connectivity index (χ3v) is 3.20. The van der Waals surface area contributed by atoms with Gasteiger partial charge in [-0.15, -0.1) is 0 Å². The summed E-state index contributed by atoms with van der Waals surface area (Å²) in [6.07, 6.45) is 2.70. The molecule has 1 aliphatic rings. The average Bonchev–Trinajstić information content (AvgIpc) is 2.95. The zero-order valence-corrected chi connectivity index (χ0v) is 9.96. The fourth-order valence-corrected chi connectivity index (χ4v) is 2.27. The molecule has 0 unspecified atom stereocenters. The Morgan fingerprint density at radius 2 is 2.11 bits per heavy atom. The lowest BCUT2D eigenvalue weighted by molar-refractivity contribution is 0.102. The number of hydrogen-bond acceptors (Lipinski definition) is 2. The third-order valence-electron chi connectivity index (χ3n) is 3.20. The number of amides is 1. The summed E-state index contributed by atoms with van der Waals surface area (Å²) in [6.45, 7) is 0. The summed E-state index contributed by atoms with van der Waals surface area (Å²) in [7, 11) is 0. The number of fused-ring (bicyclic) bond motifs is 1. The molecule has 0 aliphatic heterocycles. The minimum atomic E-state index is -0.995. The molecule has 19 heavy (non-hydrogen) atoms. The number of aromatic nitrogens is 2. The second kappa shape index (κ2) is 4.46. The molecule has 0 atom stereocenters. The lowest BCUT2D eigenvalue weighted by atomic mass is 10.2. The van der Waals surface area contributed by atoms with Gasteiger partial charge in [0, 0.05) is 23.0 Å². The number of nitrogens with zero attached hydrogens (tertiary/aromatic N) is 1. The Labute approximate surface area is 107 Å². The first-order valence-corrected chi connectivity index (χ1v) is 5.97. The van der Waals surface area contributed by atoms with E-state index in [-0.39, 0.29) is 5.69 Å². The van der Waals surface area contributed by atoms with Crippen molar-refractivity contribution >= 4 is 11.6 Å². The molecule has 1 amide bonds. The van der Waals surface area contributed by atoms with E-state index < -0.39 is 17.5 Å². The minimum Gasteiger partial charge on any atom is -0.320 e. The van der Waals surface area contributed by atoms with E-state index in [1.807, 2.05) is 0 Å². The van der Waals surface area contributed by atoms with Gasteiger partial charge in [-0.3, -0.25) is 9.89 Å². The average molecular weight is 263 g/mol. The van der Waals surface area contributed by atoms with Gasteiger partial charge in [0.05, 0.1) is 0 Å². The fraction of sp³-hybridized carbons (Fsp3) is 0.231. The topological polar surface area (TPSA) is 57.8 Å². The number of rotatable bonds is 2. The first-order chi connectivity index (χ1) is 9.15. The summed E-state index contributed by atoms with van der Waals surface area (Å²) in [4.78, 5) is 12.0. The van der Waals surface area contributed by atoms with Gasteiger partial charge in [-0.25, -0.2) is 8.78 Å². The molecule has 98 valence electrons. The summed E-state index contributed by atoms with van der Waals surface area (Å²) in [5.74, 6) is -2.35. The van der Waals surface area contributed by atoms with Crippen LogP contribution in [0.3, 0.4) is 0 Å². The van der Waals surface area contributed by atoms with Crippen LogP contribution in [0.25, 0.3) is 0 Å². The Bertz CT molecular complexity index is 651. The molecule has 4 nitrogen and oxygen atoms in total. The van der Waals surface area contributed by atoms with Gasteiger partial charge in [0.25, 0.3) is 5.91 Å². The molecule has 0 radical (unpaired) electrons. The largest absolute Gasteiger partial charge is 0.320 e. The second-order valence-electron chi connectivity index (χ2n) is 4.47. The van der Waals surface area contributed by atoms with Crippen molar-refractivity contribution in [1.29, 1.82) is 0 Å². The predicted molar refractivity (Wildman–Crippen MR) is 64.9 cm³/mol. The molecule has 3 rings (SSSR count). The standard InChI is InChI=1S/C13H11F2N3O/c14-9-5-4-7(6-10(9)15)16-13(19)12-8-2-1-3-11(8)17-18-12/h4-6H,1-3H2,(H,16,19)(H,17,18). The molecule has 0 spiro atoms. The molecule has 0 bridgehead atoms. The summed E-state index contributed by atoms with van der Waals surface area (Å²) in [5.41, 5.74) is 2.44. The van der Waals surface area contributed by atoms with E-state index in [0.29, 0.717) is 5.69 Å². The van der Waals surface area contributed by atoms with Crippen molar-refractivity contribution in [3.05, 3.63) is 46.8 Å². The molecule has 2 N–H and O–H groups in total. The Morgan fingerprint density at radius 3 is 2.89 bits per heavy atom. The van der Waals surface area contributed by atoms with Crippen LogP contribution in [0.1, 0.15) is 28.2 Å². The van der Waals surface area contributed by atoms with Gasteiger partial charge in [-0.2, -0.15) is 5.10 Å². The van der Waals surface area contributed by atoms with Crippen molar-refractivity contribution in [2.75, 3.05) is 5.32 Å². The molecule has 0 fully saturated rings. The first-order valence-electron chi connectivity index (χ1n) is 5.97. The summed E-state index contributed by atoms with van der Waals surface area (Å²) < 4.78 is 25.8. The van der Waals surface area contributed by atoms with E-state index >= 15 is 0 Å². The highest BCUT2D eigenvalue weighted by Gasteiger charge is 2.23. The molecule has 2 aromatic rings. The van der Waals surface area contributed by atoms with Gasteiger partial charge in [-0.1, -0.05) is 0 Å². The van der Waals surface area contributed by atoms with Crippen molar-refractivity contribution in [3.63, 3.8) is 0 Å². The number of aromatic amines is 1. The summed E-state index contributed by atoms with van der Waals surface area (Å²) >= 11 is 0. The zero-order valence-electron chi connectivity index (χ0n) is 9.96. The van der Waals surface area contributed by atoms with Crippen LogP contribution < -0.4 is 5.32 Å². The van der Waals surface area contributed by atoms with Gasteiger partial charge in [0.1, 0.15) is 0 Å². The Hall–Kier alpha value is -2.24.